The summed E-state index contributed by atoms with van der Waals surface area (Å²) in [6.07, 6.45) is 1.67. The largest absolute Gasteiger partial charge is 0.489 e. The molecule has 0 saturated carbocycles. The lowest BCUT2D eigenvalue weighted by Crippen LogP contribution is -2.30. The smallest absolute Gasteiger partial charge is 0.423 e. The van der Waals surface area contributed by atoms with Crippen LogP contribution in [0.3, 0.4) is 0 Å². The van der Waals surface area contributed by atoms with E-state index in [1.165, 1.54) is 0 Å². The van der Waals surface area contributed by atoms with Crippen molar-refractivity contribution < 1.29 is 10.0 Å². The van der Waals surface area contributed by atoms with Gasteiger partial charge in [0.25, 0.3) is 0 Å². The fraction of sp³-hybridized carbons (Fsp3) is 0.300. The summed E-state index contributed by atoms with van der Waals surface area (Å²) in [6.45, 7) is 4.07. The van der Waals surface area contributed by atoms with Gasteiger partial charge in [0, 0.05) is 11.4 Å². The first-order valence-corrected chi connectivity index (χ1v) is 4.93. The van der Waals surface area contributed by atoms with Crippen molar-refractivity contribution in [3.05, 3.63) is 24.4 Å². The van der Waals surface area contributed by atoms with Crippen molar-refractivity contribution in [2.75, 3.05) is 0 Å². The highest BCUT2D eigenvalue weighted by atomic mass is 16.4. The Kier molecular flexibility index (Phi) is 2.50. The van der Waals surface area contributed by atoms with E-state index in [0.717, 1.165) is 10.9 Å². The van der Waals surface area contributed by atoms with Crippen molar-refractivity contribution in [3.8, 4) is 0 Å². The molecule has 1 aromatic carbocycles. The highest BCUT2D eigenvalue weighted by Crippen LogP contribution is 2.15. The summed E-state index contributed by atoms with van der Waals surface area (Å²) in [4.78, 5) is 0. The van der Waals surface area contributed by atoms with Crippen molar-refractivity contribution in [2.45, 2.75) is 19.9 Å². The molecule has 0 atom stereocenters. The average Bonchev–Trinajstić information content (AvgIpc) is 2.59. The molecule has 15 heavy (non-hydrogen) atoms. The van der Waals surface area contributed by atoms with Gasteiger partial charge in [-0.05, 0) is 25.4 Å². The predicted octanol–water partition coefficient (Wildman–Crippen LogP) is 0.297. The predicted molar refractivity (Wildman–Crippen MR) is 59.9 cm³/mol. The zero-order chi connectivity index (χ0) is 11.0. The van der Waals surface area contributed by atoms with Crippen molar-refractivity contribution in [1.82, 2.24) is 9.78 Å². The molecule has 78 valence electrons. The standard InChI is InChI=1S/C10H13BN2O2/c1-7(2)13-10-5-3-4-9(11(14)15)8(10)6-12-13/h3-7,14-15H,1-2H3. The zero-order valence-electron chi connectivity index (χ0n) is 8.75. The molecule has 0 amide bonds. The Morgan fingerprint density at radius 2 is 2.07 bits per heavy atom. The van der Waals surface area contributed by atoms with Gasteiger partial charge in [-0.3, -0.25) is 4.68 Å². The van der Waals surface area contributed by atoms with Crippen LogP contribution >= 0.6 is 0 Å². The quantitative estimate of drug-likeness (QED) is 0.691. The van der Waals surface area contributed by atoms with E-state index < -0.39 is 7.12 Å². The average molecular weight is 204 g/mol. The zero-order valence-corrected chi connectivity index (χ0v) is 8.75. The minimum absolute atomic E-state index is 0.258. The molecule has 0 aliphatic rings. The number of hydrogen-bond donors (Lipinski definition) is 2. The Morgan fingerprint density at radius 3 is 2.67 bits per heavy atom. The summed E-state index contributed by atoms with van der Waals surface area (Å²) in [7, 11) is -1.45. The lowest BCUT2D eigenvalue weighted by Gasteiger charge is -2.07. The lowest BCUT2D eigenvalue weighted by molar-refractivity contribution is 0.426. The molecule has 1 heterocycles. The molecule has 4 nitrogen and oxygen atoms in total. The molecule has 1 aromatic heterocycles. The SMILES string of the molecule is CC(C)n1ncc2c(B(O)O)cccc21. The van der Waals surface area contributed by atoms with Crippen molar-refractivity contribution in [3.63, 3.8) is 0 Å². The van der Waals surface area contributed by atoms with Crippen molar-refractivity contribution in [1.29, 1.82) is 0 Å². The van der Waals surface area contributed by atoms with E-state index in [-0.39, 0.29) is 6.04 Å². The molecule has 0 radical (unpaired) electrons. The topological polar surface area (TPSA) is 58.3 Å². The van der Waals surface area contributed by atoms with Gasteiger partial charge in [-0.1, -0.05) is 12.1 Å². The van der Waals surface area contributed by atoms with E-state index in [1.807, 2.05) is 24.6 Å². The van der Waals surface area contributed by atoms with E-state index in [0.29, 0.717) is 5.46 Å². The van der Waals surface area contributed by atoms with Gasteiger partial charge in [-0.25, -0.2) is 0 Å². The molecule has 0 unspecified atom stereocenters. The molecule has 2 rings (SSSR count). The van der Waals surface area contributed by atoms with Crippen LogP contribution in [0, 0.1) is 0 Å². The number of rotatable bonds is 2. The molecule has 5 heteroatoms. The maximum absolute atomic E-state index is 9.19. The highest BCUT2D eigenvalue weighted by molar-refractivity contribution is 6.61. The molecule has 0 bridgehead atoms. The second-order valence-electron chi connectivity index (χ2n) is 3.84. The van der Waals surface area contributed by atoms with Gasteiger partial charge in [0.05, 0.1) is 11.7 Å². The second kappa shape index (κ2) is 3.68. The normalized spacial score (nSPS) is 11.3. The van der Waals surface area contributed by atoms with Crippen LogP contribution in [0.2, 0.25) is 0 Å². The summed E-state index contributed by atoms with van der Waals surface area (Å²) >= 11 is 0. The third kappa shape index (κ3) is 1.64. The first-order chi connectivity index (χ1) is 7.11. The van der Waals surface area contributed by atoms with Gasteiger partial charge >= 0.3 is 7.12 Å². The third-order valence-electron chi connectivity index (χ3n) is 2.44. The fourth-order valence-electron chi connectivity index (χ4n) is 1.73. The number of hydrogen-bond acceptors (Lipinski definition) is 3. The van der Waals surface area contributed by atoms with E-state index in [9.17, 15) is 10.0 Å². The summed E-state index contributed by atoms with van der Waals surface area (Å²) in [5, 5.41) is 23.4. The Hall–Kier alpha value is -1.33. The van der Waals surface area contributed by atoms with E-state index in [2.05, 4.69) is 5.10 Å². The van der Waals surface area contributed by atoms with Gasteiger partial charge in [0.15, 0.2) is 0 Å². The molecule has 0 spiro atoms. The van der Waals surface area contributed by atoms with Gasteiger partial charge in [0.2, 0.25) is 0 Å². The lowest BCUT2D eigenvalue weighted by atomic mass is 9.78. The number of fused-ring (bicyclic) bond motifs is 1. The molecule has 0 saturated heterocycles. The maximum Gasteiger partial charge on any atom is 0.489 e. The first kappa shape index (κ1) is 10.2. The minimum Gasteiger partial charge on any atom is -0.423 e. The molecule has 2 N–H and O–H groups in total. The second-order valence-corrected chi connectivity index (χ2v) is 3.84. The van der Waals surface area contributed by atoms with E-state index in [1.54, 1.807) is 18.3 Å². The van der Waals surface area contributed by atoms with Gasteiger partial charge in [-0.15, -0.1) is 0 Å². The molecular formula is C10H13BN2O2. The number of aromatic nitrogens is 2. The van der Waals surface area contributed by atoms with Crippen LogP contribution in [0.25, 0.3) is 10.9 Å². The summed E-state index contributed by atoms with van der Waals surface area (Å²) in [5.41, 5.74) is 1.43. The molecule has 0 aliphatic heterocycles. The minimum atomic E-state index is -1.45. The van der Waals surface area contributed by atoms with E-state index in [4.69, 9.17) is 0 Å². The van der Waals surface area contributed by atoms with Crippen molar-refractivity contribution in [2.24, 2.45) is 0 Å². The third-order valence-corrected chi connectivity index (χ3v) is 2.44. The number of nitrogens with zero attached hydrogens (tertiary/aromatic N) is 2. The van der Waals surface area contributed by atoms with E-state index >= 15 is 0 Å². The Labute approximate surface area is 88.3 Å². The monoisotopic (exact) mass is 204 g/mol. The van der Waals surface area contributed by atoms with Crippen LogP contribution in [-0.2, 0) is 0 Å². The van der Waals surface area contributed by atoms with Gasteiger partial charge in [-0.2, -0.15) is 5.10 Å². The maximum atomic E-state index is 9.19. The summed E-state index contributed by atoms with van der Waals surface area (Å²) in [6, 6.07) is 5.68. The molecule has 0 aliphatic carbocycles. The fourth-order valence-corrected chi connectivity index (χ4v) is 1.73. The Morgan fingerprint density at radius 1 is 1.33 bits per heavy atom. The Balaban J connectivity index is 2.69. The highest BCUT2D eigenvalue weighted by Gasteiger charge is 2.17. The summed E-state index contributed by atoms with van der Waals surface area (Å²) < 4.78 is 1.86. The molecule has 0 fully saturated rings. The van der Waals surface area contributed by atoms with Crippen LogP contribution in [0.15, 0.2) is 24.4 Å². The summed E-state index contributed by atoms with van der Waals surface area (Å²) in [5.74, 6) is 0. The van der Waals surface area contributed by atoms with Crippen LogP contribution in [0.5, 0.6) is 0 Å². The van der Waals surface area contributed by atoms with Crippen LogP contribution < -0.4 is 5.46 Å². The van der Waals surface area contributed by atoms with Crippen LogP contribution in [-0.4, -0.2) is 26.9 Å². The van der Waals surface area contributed by atoms with Crippen LogP contribution in [0.4, 0.5) is 0 Å². The Bertz CT molecular complexity index is 479. The van der Waals surface area contributed by atoms with Crippen molar-refractivity contribution >= 4 is 23.5 Å². The first-order valence-electron chi connectivity index (χ1n) is 4.93. The van der Waals surface area contributed by atoms with Gasteiger partial charge in [0.1, 0.15) is 0 Å². The molecular weight excluding hydrogens is 191 g/mol. The van der Waals surface area contributed by atoms with Gasteiger partial charge < -0.3 is 10.0 Å². The van der Waals surface area contributed by atoms with Crippen LogP contribution in [0.1, 0.15) is 19.9 Å². The molecule has 2 aromatic rings. The number of benzene rings is 1.